The maximum absolute atomic E-state index is 12.9. The number of esters is 2. The topological polar surface area (TPSA) is 105 Å². The number of carbonyl (C=O) groups excluding carboxylic acids is 2. The minimum absolute atomic E-state index is 0. The van der Waals surface area contributed by atoms with Crippen molar-refractivity contribution in [2.75, 3.05) is 13.2 Å². The Bertz CT molecular complexity index is 851. The van der Waals surface area contributed by atoms with Crippen molar-refractivity contribution in [3.05, 3.63) is 51.9 Å². The average Bonchev–Trinajstić information content (AvgIpc) is 2.62. The van der Waals surface area contributed by atoms with Gasteiger partial charge < -0.3 is 14.6 Å². The van der Waals surface area contributed by atoms with Gasteiger partial charge in [-0.05, 0) is 37.1 Å². The molecule has 7 nitrogen and oxygen atoms in total. The first kappa shape index (κ1) is 23.5. The second-order valence-electron chi connectivity index (χ2n) is 5.33. The number of nitrogens with zero attached hydrogens (tertiary/aromatic N) is 1. The summed E-state index contributed by atoms with van der Waals surface area (Å²) in [5, 5.41) is 15.9. The maximum Gasteiger partial charge on any atom is 1.00 e. The molecule has 2 aromatic carbocycles. The van der Waals surface area contributed by atoms with Crippen LogP contribution in [0.4, 0.5) is 5.69 Å². The summed E-state index contributed by atoms with van der Waals surface area (Å²) in [5.74, 6) is -2.68. The van der Waals surface area contributed by atoms with Crippen LogP contribution in [0.5, 0.6) is 5.75 Å². The van der Waals surface area contributed by atoms with Crippen LogP contribution in [-0.2, 0) is 9.47 Å². The van der Waals surface area contributed by atoms with Crippen LogP contribution in [0.15, 0.2) is 35.5 Å². The first-order chi connectivity index (χ1) is 12.5. The van der Waals surface area contributed by atoms with E-state index in [0.29, 0.717) is 5.56 Å². The summed E-state index contributed by atoms with van der Waals surface area (Å²) in [5.41, 5.74) is -0.391. The van der Waals surface area contributed by atoms with Crippen LogP contribution in [0.3, 0.4) is 0 Å². The second kappa shape index (κ2) is 10.7. The van der Waals surface area contributed by atoms with Crippen LogP contribution < -0.4 is 56.5 Å². The molecule has 0 aliphatic heterocycles. The average molecular weight is 395 g/mol. The fourth-order valence-corrected chi connectivity index (χ4v) is 2.68. The summed E-state index contributed by atoms with van der Waals surface area (Å²) in [6, 6.07) is 8.40. The third-order valence-electron chi connectivity index (χ3n) is 3.78. The fraction of sp³-hybridized carbons (Fsp3) is 0.263. The van der Waals surface area contributed by atoms with Gasteiger partial charge in [-0.1, -0.05) is 36.1 Å². The number of benzene rings is 2. The van der Waals surface area contributed by atoms with E-state index >= 15 is 0 Å². The molecule has 0 saturated carbocycles. The molecule has 0 aliphatic carbocycles. The number of rotatable bonds is 6. The zero-order valence-corrected chi connectivity index (χ0v) is 18.8. The Hall–Kier alpha value is -1.58. The Balaban J connectivity index is 0.00000364. The quantitative estimate of drug-likeness (QED) is 0.400. The molecule has 0 radical (unpaired) electrons. The number of carbonyl (C=O) groups is 2. The largest absolute Gasteiger partial charge is 1.00 e. The Morgan fingerprint density at radius 2 is 1.52 bits per heavy atom. The molecule has 27 heavy (non-hydrogen) atoms. The van der Waals surface area contributed by atoms with E-state index in [1.54, 1.807) is 44.2 Å². The van der Waals surface area contributed by atoms with Gasteiger partial charge in [0.25, 0.3) is 0 Å². The molecule has 0 saturated heterocycles. The van der Waals surface area contributed by atoms with Gasteiger partial charge in [0.2, 0.25) is 0 Å². The second-order valence-corrected chi connectivity index (χ2v) is 5.33. The molecule has 8 heteroatoms. The molecule has 0 amide bonds. The van der Waals surface area contributed by atoms with Crippen LogP contribution in [0, 0.1) is 11.8 Å². The van der Waals surface area contributed by atoms with Crippen molar-refractivity contribution in [2.45, 2.75) is 20.8 Å². The third-order valence-corrected chi connectivity index (χ3v) is 3.78. The molecule has 0 unspecified atom stereocenters. The fourth-order valence-electron chi connectivity index (χ4n) is 2.68. The Morgan fingerprint density at radius 1 is 1.00 bits per heavy atom. The van der Waals surface area contributed by atoms with Crippen molar-refractivity contribution < 1.29 is 75.6 Å². The SMILES string of the molecule is CCOC(=O)c1c(C)c(N=O)c(-c2ccccc2)c(C(=O)OCC)c1[O-].[K+]. The molecule has 0 atom stereocenters. The van der Waals surface area contributed by atoms with E-state index in [0.717, 1.165) is 0 Å². The van der Waals surface area contributed by atoms with Crippen molar-refractivity contribution in [2.24, 2.45) is 5.18 Å². The molecular formula is C19H18KNO6. The molecule has 0 bridgehead atoms. The first-order valence-electron chi connectivity index (χ1n) is 8.08. The van der Waals surface area contributed by atoms with E-state index in [1.807, 2.05) is 0 Å². The number of hydrogen-bond acceptors (Lipinski definition) is 7. The molecule has 0 N–H and O–H groups in total. The Labute approximate surface area is 199 Å². The molecule has 2 aromatic rings. The van der Waals surface area contributed by atoms with E-state index in [4.69, 9.17) is 9.47 Å². The minimum atomic E-state index is -0.924. The van der Waals surface area contributed by atoms with Crippen LogP contribution in [0.2, 0.25) is 0 Å². The van der Waals surface area contributed by atoms with Gasteiger partial charge in [-0.3, -0.25) is 0 Å². The van der Waals surface area contributed by atoms with Crippen molar-refractivity contribution >= 4 is 17.6 Å². The molecule has 136 valence electrons. The molecule has 2 rings (SSSR count). The van der Waals surface area contributed by atoms with Gasteiger partial charge in [0.15, 0.2) is 0 Å². The number of hydrogen-bond donors (Lipinski definition) is 0. The van der Waals surface area contributed by atoms with E-state index in [9.17, 15) is 19.6 Å². The Kier molecular flexibility index (Phi) is 9.27. The van der Waals surface area contributed by atoms with Gasteiger partial charge >= 0.3 is 63.3 Å². The molecule has 0 aromatic heterocycles. The van der Waals surface area contributed by atoms with Crippen LogP contribution >= 0.6 is 0 Å². The van der Waals surface area contributed by atoms with Crippen molar-refractivity contribution in [3.63, 3.8) is 0 Å². The standard InChI is InChI=1S/C19H19NO6.K/c1-4-25-18(22)13-11(3)16(20-24)14(12-9-7-6-8-10-12)15(17(13)21)19(23)26-5-2;/h6-10,21H,4-5H2,1-3H3;/q;+1/p-1. The summed E-state index contributed by atoms with van der Waals surface area (Å²) >= 11 is 0. The number of ether oxygens (including phenoxy) is 2. The van der Waals surface area contributed by atoms with E-state index in [-0.39, 0.29) is 87.0 Å². The molecule has 0 heterocycles. The zero-order chi connectivity index (χ0) is 19.3. The van der Waals surface area contributed by atoms with Gasteiger partial charge in [0.1, 0.15) is 5.69 Å². The van der Waals surface area contributed by atoms with E-state index < -0.39 is 23.3 Å². The van der Waals surface area contributed by atoms with Gasteiger partial charge in [-0.2, -0.15) is 0 Å². The molecular weight excluding hydrogens is 377 g/mol. The van der Waals surface area contributed by atoms with Crippen LogP contribution in [0.25, 0.3) is 11.1 Å². The van der Waals surface area contributed by atoms with Crippen molar-refractivity contribution in [3.8, 4) is 16.9 Å². The Morgan fingerprint density at radius 3 is 2.00 bits per heavy atom. The first-order valence-corrected chi connectivity index (χ1v) is 8.08. The van der Waals surface area contributed by atoms with Crippen molar-refractivity contribution in [1.82, 2.24) is 0 Å². The number of nitroso groups, excluding NO2 is 1. The zero-order valence-electron chi connectivity index (χ0n) is 15.7. The summed E-state index contributed by atoms with van der Waals surface area (Å²) in [6.07, 6.45) is 0. The predicted octanol–water partition coefficient (Wildman–Crippen LogP) is 0.491. The summed E-state index contributed by atoms with van der Waals surface area (Å²) in [4.78, 5) is 36.2. The smallest absolute Gasteiger partial charge is 0.871 e. The molecule has 0 aliphatic rings. The monoisotopic (exact) mass is 395 g/mol. The van der Waals surface area contributed by atoms with Crippen LogP contribution in [0.1, 0.15) is 40.1 Å². The predicted molar refractivity (Wildman–Crippen MR) is 93.4 cm³/mol. The van der Waals surface area contributed by atoms with Crippen LogP contribution in [-0.4, -0.2) is 25.2 Å². The van der Waals surface area contributed by atoms with Gasteiger partial charge in [0.05, 0.1) is 24.3 Å². The normalized spacial score (nSPS) is 9.89. The van der Waals surface area contributed by atoms with E-state index in [1.165, 1.54) is 6.92 Å². The van der Waals surface area contributed by atoms with Gasteiger partial charge in [-0.25, -0.2) is 9.59 Å². The molecule has 0 fully saturated rings. The maximum atomic E-state index is 12.9. The van der Waals surface area contributed by atoms with Gasteiger partial charge in [0, 0.05) is 5.56 Å². The summed E-state index contributed by atoms with van der Waals surface area (Å²) in [7, 11) is 0. The van der Waals surface area contributed by atoms with Crippen molar-refractivity contribution in [1.29, 1.82) is 0 Å². The molecule has 0 spiro atoms. The van der Waals surface area contributed by atoms with E-state index in [2.05, 4.69) is 5.18 Å². The summed E-state index contributed by atoms with van der Waals surface area (Å²) in [6.45, 7) is 4.66. The van der Waals surface area contributed by atoms with Gasteiger partial charge in [-0.15, -0.1) is 4.91 Å². The minimum Gasteiger partial charge on any atom is -0.871 e. The third kappa shape index (κ3) is 4.83. The summed E-state index contributed by atoms with van der Waals surface area (Å²) < 4.78 is 9.86.